The standard InChI is InChI=1S/C15H11BrN2O2S/c1-20-9-6-7-11(16)10(8-9)14(19)18-15-17-12-4-2-3-5-13(12)21-15/h2-8H,1H3,(H,17,18,19). The maximum Gasteiger partial charge on any atom is 0.258 e. The number of nitrogens with zero attached hydrogens (tertiary/aromatic N) is 1. The van der Waals surface area contributed by atoms with Gasteiger partial charge in [-0.05, 0) is 46.3 Å². The van der Waals surface area contributed by atoms with Gasteiger partial charge in [-0.3, -0.25) is 10.1 Å². The number of halogens is 1. The molecule has 6 heteroatoms. The summed E-state index contributed by atoms with van der Waals surface area (Å²) in [4.78, 5) is 16.7. The molecule has 0 unspecified atom stereocenters. The fourth-order valence-corrected chi connectivity index (χ4v) is 3.18. The first-order chi connectivity index (χ1) is 10.2. The highest BCUT2D eigenvalue weighted by molar-refractivity contribution is 9.10. The zero-order chi connectivity index (χ0) is 14.8. The van der Waals surface area contributed by atoms with Crippen LogP contribution in [0.2, 0.25) is 0 Å². The maximum absolute atomic E-state index is 12.3. The number of carbonyl (C=O) groups excluding carboxylic acids is 1. The van der Waals surface area contributed by atoms with E-state index in [2.05, 4.69) is 26.2 Å². The lowest BCUT2D eigenvalue weighted by Gasteiger charge is -2.06. The van der Waals surface area contributed by atoms with E-state index in [0.29, 0.717) is 20.9 Å². The fourth-order valence-electron chi connectivity index (χ4n) is 1.90. The first-order valence-corrected chi connectivity index (χ1v) is 7.79. The molecule has 4 nitrogen and oxygen atoms in total. The van der Waals surface area contributed by atoms with Crippen LogP contribution in [0.5, 0.6) is 5.75 Å². The molecule has 0 radical (unpaired) electrons. The van der Waals surface area contributed by atoms with Gasteiger partial charge in [0.2, 0.25) is 0 Å². The summed E-state index contributed by atoms with van der Waals surface area (Å²) in [6.45, 7) is 0. The summed E-state index contributed by atoms with van der Waals surface area (Å²) in [6.07, 6.45) is 0. The third-order valence-corrected chi connectivity index (χ3v) is 4.58. The minimum atomic E-state index is -0.222. The van der Waals surface area contributed by atoms with Crippen molar-refractivity contribution in [3.05, 3.63) is 52.5 Å². The Labute approximate surface area is 133 Å². The van der Waals surface area contributed by atoms with Crippen LogP contribution in [-0.2, 0) is 0 Å². The van der Waals surface area contributed by atoms with E-state index in [0.717, 1.165) is 10.2 Å². The van der Waals surface area contributed by atoms with E-state index >= 15 is 0 Å². The Kier molecular flexibility index (Phi) is 3.90. The molecule has 1 aromatic heterocycles. The summed E-state index contributed by atoms with van der Waals surface area (Å²) in [7, 11) is 1.57. The van der Waals surface area contributed by atoms with Crippen LogP contribution < -0.4 is 10.1 Å². The molecule has 2 aromatic carbocycles. The van der Waals surface area contributed by atoms with Gasteiger partial charge < -0.3 is 4.74 Å². The van der Waals surface area contributed by atoms with Crippen molar-refractivity contribution in [1.29, 1.82) is 0 Å². The number of thiazole rings is 1. The first-order valence-electron chi connectivity index (χ1n) is 6.18. The van der Waals surface area contributed by atoms with Gasteiger partial charge in [-0.25, -0.2) is 4.98 Å². The summed E-state index contributed by atoms with van der Waals surface area (Å²) in [5.41, 5.74) is 1.39. The van der Waals surface area contributed by atoms with Crippen LogP contribution in [0.15, 0.2) is 46.9 Å². The molecule has 1 amide bonds. The van der Waals surface area contributed by atoms with E-state index in [-0.39, 0.29) is 5.91 Å². The van der Waals surface area contributed by atoms with Gasteiger partial charge in [-0.1, -0.05) is 23.5 Å². The Morgan fingerprint density at radius 1 is 1.29 bits per heavy atom. The molecule has 0 saturated heterocycles. The van der Waals surface area contributed by atoms with Crippen LogP contribution in [0, 0.1) is 0 Å². The SMILES string of the molecule is COc1ccc(Br)c(C(=O)Nc2nc3ccccc3s2)c1. The number of rotatable bonds is 3. The lowest BCUT2D eigenvalue weighted by atomic mass is 10.2. The van der Waals surface area contributed by atoms with E-state index in [4.69, 9.17) is 4.74 Å². The number of aromatic nitrogens is 1. The highest BCUT2D eigenvalue weighted by Crippen LogP contribution is 2.27. The molecule has 3 aromatic rings. The molecule has 21 heavy (non-hydrogen) atoms. The van der Waals surface area contributed by atoms with E-state index < -0.39 is 0 Å². The van der Waals surface area contributed by atoms with Crippen molar-refractivity contribution in [1.82, 2.24) is 4.98 Å². The molecule has 0 spiro atoms. The monoisotopic (exact) mass is 362 g/mol. The van der Waals surface area contributed by atoms with Gasteiger partial charge in [0.15, 0.2) is 5.13 Å². The number of hydrogen-bond acceptors (Lipinski definition) is 4. The van der Waals surface area contributed by atoms with Crippen molar-refractivity contribution in [2.24, 2.45) is 0 Å². The molecule has 0 atom stereocenters. The number of benzene rings is 2. The second kappa shape index (κ2) is 5.83. The number of ether oxygens (including phenoxy) is 1. The van der Waals surface area contributed by atoms with Gasteiger partial charge in [-0.2, -0.15) is 0 Å². The van der Waals surface area contributed by atoms with Crippen molar-refractivity contribution >= 4 is 48.5 Å². The Morgan fingerprint density at radius 2 is 2.10 bits per heavy atom. The minimum absolute atomic E-state index is 0.222. The summed E-state index contributed by atoms with van der Waals surface area (Å²) in [5.74, 6) is 0.410. The Bertz CT molecular complexity index is 783. The molecule has 0 saturated carbocycles. The lowest BCUT2D eigenvalue weighted by molar-refractivity contribution is 0.102. The van der Waals surface area contributed by atoms with Crippen LogP contribution >= 0.6 is 27.3 Å². The third kappa shape index (κ3) is 2.91. The van der Waals surface area contributed by atoms with Gasteiger partial charge in [0.05, 0.1) is 22.9 Å². The number of nitrogens with one attached hydrogen (secondary N) is 1. The predicted octanol–water partition coefficient (Wildman–Crippen LogP) is 4.32. The molecule has 106 valence electrons. The topological polar surface area (TPSA) is 51.2 Å². The highest BCUT2D eigenvalue weighted by atomic mass is 79.9. The minimum Gasteiger partial charge on any atom is -0.497 e. The smallest absolute Gasteiger partial charge is 0.258 e. The van der Waals surface area contributed by atoms with Gasteiger partial charge in [0.1, 0.15) is 5.75 Å². The number of amides is 1. The Balaban J connectivity index is 1.89. The van der Waals surface area contributed by atoms with Crippen LogP contribution in [0.1, 0.15) is 10.4 Å². The normalized spacial score (nSPS) is 10.6. The molecular formula is C15H11BrN2O2S. The number of hydrogen-bond donors (Lipinski definition) is 1. The number of fused-ring (bicyclic) bond motifs is 1. The first kappa shape index (κ1) is 14.0. The van der Waals surface area contributed by atoms with Crippen molar-refractivity contribution in [2.75, 3.05) is 12.4 Å². The fraction of sp³-hybridized carbons (Fsp3) is 0.0667. The van der Waals surface area contributed by atoms with Crippen molar-refractivity contribution < 1.29 is 9.53 Å². The number of anilines is 1. The van der Waals surface area contributed by atoms with Crippen LogP contribution in [0.3, 0.4) is 0 Å². The molecule has 0 fully saturated rings. The Morgan fingerprint density at radius 3 is 2.86 bits per heavy atom. The zero-order valence-electron chi connectivity index (χ0n) is 11.1. The van der Waals surface area contributed by atoms with Gasteiger partial charge in [0.25, 0.3) is 5.91 Å². The van der Waals surface area contributed by atoms with Gasteiger partial charge >= 0.3 is 0 Å². The maximum atomic E-state index is 12.3. The molecule has 1 N–H and O–H groups in total. The van der Waals surface area contributed by atoms with E-state index in [1.54, 1.807) is 25.3 Å². The quantitative estimate of drug-likeness (QED) is 0.754. The predicted molar refractivity (Wildman–Crippen MR) is 88.3 cm³/mol. The van der Waals surface area contributed by atoms with Crippen molar-refractivity contribution in [3.8, 4) is 5.75 Å². The van der Waals surface area contributed by atoms with E-state index in [1.807, 2.05) is 24.3 Å². The summed E-state index contributed by atoms with van der Waals surface area (Å²) in [6, 6.07) is 13.0. The average Bonchev–Trinajstić information content (AvgIpc) is 2.89. The molecule has 1 heterocycles. The average molecular weight is 363 g/mol. The molecule has 0 aliphatic heterocycles. The second-order valence-electron chi connectivity index (χ2n) is 4.29. The largest absolute Gasteiger partial charge is 0.497 e. The zero-order valence-corrected chi connectivity index (χ0v) is 13.5. The summed E-state index contributed by atoms with van der Waals surface area (Å²) in [5, 5.41) is 3.40. The molecule has 0 bridgehead atoms. The summed E-state index contributed by atoms with van der Waals surface area (Å²) < 4.78 is 6.89. The van der Waals surface area contributed by atoms with E-state index in [1.165, 1.54) is 11.3 Å². The third-order valence-electron chi connectivity index (χ3n) is 2.93. The second-order valence-corrected chi connectivity index (χ2v) is 6.17. The van der Waals surface area contributed by atoms with Gasteiger partial charge in [0, 0.05) is 4.47 Å². The Hall–Kier alpha value is -1.92. The summed E-state index contributed by atoms with van der Waals surface area (Å²) >= 11 is 4.82. The van der Waals surface area contributed by atoms with Crippen molar-refractivity contribution in [3.63, 3.8) is 0 Å². The van der Waals surface area contributed by atoms with Crippen LogP contribution in [0.4, 0.5) is 5.13 Å². The number of methoxy groups -OCH3 is 1. The van der Waals surface area contributed by atoms with Gasteiger partial charge in [-0.15, -0.1) is 0 Å². The van der Waals surface area contributed by atoms with Crippen LogP contribution in [0.25, 0.3) is 10.2 Å². The highest BCUT2D eigenvalue weighted by Gasteiger charge is 2.13. The molecule has 3 rings (SSSR count). The molecule has 0 aliphatic rings. The van der Waals surface area contributed by atoms with E-state index in [9.17, 15) is 4.79 Å². The molecule has 0 aliphatic carbocycles. The lowest BCUT2D eigenvalue weighted by Crippen LogP contribution is -2.12. The molecular weight excluding hydrogens is 352 g/mol. The number of para-hydroxylation sites is 1. The van der Waals surface area contributed by atoms with Crippen LogP contribution in [-0.4, -0.2) is 18.0 Å². The van der Waals surface area contributed by atoms with Crippen molar-refractivity contribution in [2.45, 2.75) is 0 Å². The number of carbonyl (C=O) groups is 1.